The molecule has 2 rings (SSSR count). The summed E-state index contributed by atoms with van der Waals surface area (Å²) in [7, 11) is -3.55. The average molecular weight is 373 g/mol. The van der Waals surface area contributed by atoms with Crippen molar-refractivity contribution >= 4 is 39.0 Å². The van der Waals surface area contributed by atoms with Crippen LogP contribution in [0.1, 0.15) is 12.0 Å². The third-order valence-electron chi connectivity index (χ3n) is 3.09. The van der Waals surface area contributed by atoms with Crippen LogP contribution in [0, 0.1) is 0 Å². The standard InChI is InChI=1S/C16H14Cl2O4S/c17-13-5-7-14(8-6-13)23(20,21)10-9-16(19)22-11-12-3-1-2-4-15(12)18/h1-8H,9-11H2. The molecule has 0 bridgehead atoms. The molecule has 122 valence electrons. The van der Waals surface area contributed by atoms with E-state index in [0.717, 1.165) is 0 Å². The van der Waals surface area contributed by atoms with E-state index >= 15 is 0 Å². The van der Waals surface area contributed by atoms with Gasteiger partial charge in [-0.1, -0.05) is 41.4 Å². The van der Waals surface area contributed by atoms with Crippen LogP contribution in [-0.2, 0) is 26.0 Å². The van der Waals surface area contributed by atoms with Crippen LogP contribution in [0.25, 0.3) is 0 Å². The maximum Gasteiger partial charge on any atom is 0.307 e. The highest BCUT2D eigenvalue weighted by Gasteiger charge is 2.17. The fraction of sp³-hybridized carbons (Fsp3) is 0.188. The number of carbonyl (C=O) groups excluding carboxylic acids is 1. The first-order valence-electron chi connectivity index (χ1n) is 6.76. The molecule has 0 spiro atoms. The summed E-state index contributed by atoms with van der Waals surface area (Å²) in [5, 5.41) is 0.942. The van der Waals surface area contributed by atoms with Crippen LogP contribution in [0.3, 0.4) is 0 Å². The normalized spacial score (nSPS) is 11.2. The van der Waals surface area contributed by atoms with Gasteiger partial charge in [0.15, 0.2) is 9.84 Å². The van der Waals surface area contributed by atoms with E-state index in [1.807, 2.05) is 0 Å². The first kappa shape index (κ1) is 17.8. The van der Waals surface area contributed by atoms with Crippen LogP contribution in [0.5, 0.6) is 0 Å². The van der Waals surface area contributed by atoms with E-state index in [2.05, 4.69) is 0 Å². The zero-order valence-electron chi connectivity index (χ0n) is 12.0. The number of sulfone groups is 1. The third-order valence-corrected chi connectivity index (χ3v) is 5.45. The minimum Gasteiger partial charge on any atom is -0.461 e. The molecule has 0 unspecified atom stereocenters. The summed E-state index contributed by atoms with van der Waals surface area (Å²) < 4.78 is 29.3. The second-order valence-corrected chi connectivity index (χ2v) is 7.73. The maximum absolute atomic E-state index is 12.1. The first-order valence-corrected chi connectivity index (χ1v) is 9.17. The molecular weight excluding hydrogens is 359 g/mol. The largest absolute Gasteiger partial charge is 0.461 e. The molecule has 0 fully saturated rings. The Morgan fingerprint density at radius 1 is 1.00 bits per heavy atom. The Morgan fingerprint density at radius 3 is 2.30 bits per heavy atom. The summed E-state index contributed by atoms with van der Waals surface area (Å²) in [5.41, 5.74) is 0.670. The lowest BCUT2D eigenvalue weighted by atomic mass is 10.2. The highest BCUT2D eigenvalue weighted by Crippen LogP contribution is 2.18. The van der Waals surface area contributed by atoms with Gasteiger partial charge in [0.1, 0.15) is 6.61 Å². The molecule has 7 heteroatoms. The minimum atomic E-state index is -3.55. The van der Waals surface area contributed by atoms with E-state index in [0.29, 0.717) is 15.6 Å². The predicted octanol–water partition coefficient (Wildman–Crippen LogP) is 3.90. The van der Waals surface area contributed by atoms with Crippen molar-refractivity contribution in [3.05, 3.63) is 64.1 Å². The molecule has 0 heterocycles. The minimum absolute atomic E-state index is 0.0134. The lowest BCUT2D eigenvalue weighted by Gasteiger charge is -2.07. The number of esters is 1. The molecule has 2 aromatic carbocycles. The summed E-state index contributed by atoms with van der Waals surface area (Å²) in [6.45, 7) is 0.0134. The fourth-order valence-corrected chi connectivity index (χ4v) is 3.36. The Kier molecular flexibility index (Phi) is 6.04. The molecule has 0 N–H and O–H groups in total. The number of ether oxygens (including phenoxy) is 1. The second kappa shape index (κ2) is 7.81. The summed E-state index contributed by atoms with van der Waals surface area (Å²) in [4.78, 5) is 11.8. The molecule has 0 amide bonds. The quantitative estimate of drug-likeness (QED) is 0.721. The van der Waals surface area contributed by atoms with Crippen LogP contribution in [0.15, 0.2) is 53.4 Å². The van der Waals surface area contributed by atoms with Gasteiger partial charge in [0.25, 0.3) is 0 Å². The number of hydrogen-bond donors (Lipinski definition) is 0. The van der Waals surface area contributed by atoms with Crippen molar-refractivity contribution in [3.8, 4) is 0 Å². The first-order chi connectivity index (χ1) is 10.9. The van der Waals surface area contributed by atoms with E-state index in [-0.39, 0.29) is 23.7 Å². The van der Waals surface area contributed by atoms with Gasteiger partial charge in [-0.3, -0.25) is 4.79 Å². The van der Waals surface area contributed by atoms with Gasteiger partial charge in [-0.25, -0.2) is 8.42 Å². The zero-order valence-corrected chi connectivity index (χ0v) is 14.4. The van der Waals surface area contributed by atoms with Crippen molar-refractivity contribution in [1.82, 2.24) is 0 Å². The van der Waals surface area contributed by atoms with E-state index in [1.165, 1.54) is 24.3 Å². The monoisotopic (exact) mass is 372 g/mol. The van der Waals surface area contributed by atoms with Gasteiger partial charge in [0.05, 0.1) is 17.1 Å². The second-order valence-electron chi connectivity index (χ2n) is 4.77. The highest BCUT2D eigenvalue weighted by atomic mass is 35.5. The fourth-order valence-electron chi connectivity index (χ4n) is 1.82. The van der Waals surface area contributed by atoms with Gasteiger partial charge in [0.2, 0.25) is 0 Å². The Labute approximate surface area is 144 Å². The van der Waals surface area contributed by atoms with Gasteiger partial charge < -0.3 is 4.74 Å². The van der Waals surface area contributed by atoms with Crippen molar-refractivity contribution in [2.24, 2.45) is 0 Å². The summed E-state index contributed by atoms with van der Waals surface area (Å²) in [6.07, 6.45) is -0.227. The van der Waals surface area contributed by atoms with Gasteiger partial charge in [-0.15, -0.1) is 0 Å². The number of rotatable bonds is 6. The molecule has 0 radical (unpaired) electrons. The molecule has 2 aromatic rings. The Bertz CT molecular complexity index is 786. The molecule has 0 atom stereocenters. The molecule has 23 heavy (non-hydrogen) atoms. The van der Waals surface area contributed by atoms with Crippen molar-refractivity contribution in [1.29, 1.82) is 0 Å². The highest BCUT2D eigenvalue weighted by molar-refractivity contribution is 7.91. The number of halogens is 2. The predicted molar refractivity (Wildman–Crippen MR) is 89.4 cm³/mol. The third kappa shape index (κ3) is 5.23. The van der Waals surface area contributed by atoms with Crippen LogP contribution in [0.2, 0.25) is 10.0 Å². The van der Waals surface area contributed by atoms with E-state index in [9.17, 15) is 13.2 Å². The van der Waals surface area contributed by atoms with Crippen molar-refractivity contribution < 1.29 is 17.9 Å². The SMILES string of the molecule is O=C(CCS(=O)(=O)c1ccc(Cl)cc1)OCc1ccccc1Cl. The van der Waals surface area contributed by atoms with E-state index in [1.54, 1.807) is 24.3 Å². The molecule has 0 aliphatic heterocycles. The summed E-state index contributed by atoms with van der Waals surface area (Å²) in [6, 6.07) is 12.8. The van der Waals surface area contributed by atoms with E-state index in [4.69, 9.17) is 27.9 Å². The van der Waals surface area contributed by atoms with Crippen LogP contribution in [-0.4, -0.2) is 20.1 Å². The molecule has 0 aromatic heterocycles. The Hall–Kier alpha value is -1.56. The number of hydrogen-bond acceptors (Lipinski definition) is 4. The molecular formula is C16H14Cl2O4S. The maximum atomic E-state index is 12.1. The van der Waals surface area contributed by atoms with Crippen LogP contribution in [0.4, 0.5) is 0 Å². The Balaban J connectivity index is 1.89. The molecule has 4 nitrogen and oxygen atoms in total. The molecule has 0 saturated heterocycles. The zero-order chi connectivity index (χ0) is 16.9. The van der Waals surface area contributed by atoms with Crippen molar-refractivity contribution in [2.45, 2.75) is 17.9 Å². The average Bonchev–Trinajstić information content (AvgIpc) is 2.53. The van der Waals surface area contributed by atoms with Crippen LogP contribution < -0.4 is 0 Å². The summed E-state index contributed by atoms with van der Waals surface area (Å²) >= 11 is 11.7. The van der Waals surface area contributed by atoms with Gasteiger partial charge in [-0.2, -0.15) is 0 Å². The van der Waals surface area contributed by atoms with Crippen LogP contribution >= 0.6 is 23.2 Å². The molecule has 0 saturated carbocycles. The van der Waals surface area contributed by atoms with E-state index < -0.39 is 15.8 Å². The van der Waals surface area contributed by atoms with Crippen molar-refractivity contribution in [2.75, 3.05) is 5.75 Å². The van der Waals surface area contributed by atoms with Gasteiger partial charge in [-0.05, 0) is 30.3 Å². The molecule has 0 aliphatic carbocycles. The topological polar surface area (TPSA) is 60.4 Å². The number of benzene rings is 2. The van der Waals surface area contributed by atoms with Crippen molar-refractivity contribution in [3.63, 3.8) is 0 Å². The lowest BCUT2D eigenvalue weighted by molar-refractivity contribution is -0.144. The Morgan fingerprint density at radius 2 is 1.65 bits per heavy atom. The van der Waals surface area contributed by atoms with Gasteiger partial charge in [0, 0.05) is 15.6 Å². The smallest absolute Gasteiger partial charge is 0.307 e. The summed E-state index contributed by atoms with van der Waals surface area (Å²) in [5.74, 6) is -0.918. The lowest BCUT2D eigenvalue weighted by Crippen LogP contribution is -2.13. The number of carbonyl (C=O) groups is 1. The molecule has 0 aliphatic rings. The van der Waals surface area contributed by atoms with Gasteiger partial charge >= 0.3 is 5.97 Å².